The van der Waals surface area contributed by atoms with Crippen molar-refractivity contribution < 1.29 is 8.42 Å². The summed E-state index contributed by atoms with van der Waals surface area (Å²) >= 11 is 0. The van der Waals surface area contributed by atoms with Gasteiger partial charge in [-0.15, -0.1) is 0 Å². The zero-order valence-electron chi connectivity index (χ0n) is 9.82. The minimum absolute atomic E-state index is 0.0514. The van der Waals surface area contributed by atoms with Gasteiger partial charge < -0.3 is 5.32 Å². The van der Waals surface area contributed by atoms with Crippen molar-refractivity contribution in [2.75, 3.05) is 17.1 Å². The molecule has 18 heavy (non-hydrogen) atoms. The maximum Gasteiger partial charge on any atom is 0.267 e. The molecule has 9 heteroatoms. The number of nitrogens with one attached hydrogen (secondary N) is 2. The Bertz CT molecular complexity index is 651. The van der Waals surface area contributed by atoms with Gasteiger partial charge in [-0.05, 0) is 12.1 Å². The van der Waals surface area contributed by atoms with Crippen LogP contribution >= 0.6 is 0 Å². The van der Waals surface area contributed by atoms with Crippen LogP contribution in [0.1, 0.15) is 0 Å². The minimum atomic E-state index is -3.75. The average Bonchev–Trinajstić information content (AvgIpc) is 2.74. The zero-order chi connectivity index (χ0) is 13.2. The van der Waals surface area contributed by atoms with Gasteiger partial charge in [-0.2, -0.15) is 10.1 Å². The van der Waals surface area contributed by atoms with Gasteiger partial charge in [0.05, 0.1) is 0 Å². The second kappa shape index (κ2) is 4.61. The highest BCUT2D eigenvalue weighted by molar-refractivity contribution is 7.92. The molecule has 0 radical (unpaired) electrons. The second-order valence-corrected chi connectivity index (χ2v) is 5.06. The molecule has 2 aromatic rings. The molecule has 2 heterocycles. The normalized spacial score (nSPS) is 11.2. The van der Waals surface area contributed by atoms with E-state index in [-0.39, 0.29) is 16.7 Å². The van der Waals surface area contributed by atoms with E-state index in [1.807, 2.05) is 0 Å². The molecule has 96 valence electrons. The molecule has 0 spiro atoms. The van der Waals surface area contributed by atoms with Crippen molar-refractivity contribution in [2.45, 2.75) is 4.90 Å². The van der Waals surface area contributed by atoms with Crippen molar-refractivity contribution in [2.24, 2.45) is 7.05 Å². The Labute approximate surface area is 104 Å². The van der Waals surface area contributed by atoms with Crippen molar-refractivity contribution in [3.8, 4) is 0 Å². The molecule has 2 aromatic heterocycles. The van der Waals surface area contributed by atoms with Gasteiger partial charge in [0, 0.05) is 20.3 Å². The summed E-state index contributed by atoms with van der Waals surface area (Å²) in [6, 6.07) is 3.00. The minimum Gasteiger partial charge on any atom is -0.372 e. The van der Waals surface area contributed by atoms with Crippen LogP contribution < -0.4 is 10.0 Å². The third-order valence-corrected chi connectivity index (χ3v) is 3.59. The number of anilines is 2. The van der Waals surface area contributed by atoms with Crippen LogP contribution in [0.15, 0.2) is 29.6 Å². The topological polar surface area (TPSA) is 102 Å². The van der Waals surface area contributed by atoms with E-state index < -0.39 is 10.0 Å². The van der Waals surface area contributed by atoms with Crippen molar-refractivity contribution in [1.82, 2.24) is 19.7 Å². The first-order valence-corrected chi connectivity index (χ1v) is 6.52. The molecule has 0 fully saturated rings. The maximum absolute atomic E-state index is 12.2. The summed E-state index contributed by atoms with van der Waals surface area (Å²) in [5.41, 5.74) is 0. The molecule has 0 amide bonds. The summed E-state index contributed by atoms with van der Waals surface area (Å²) in [6.07, 6.45) is 2.77. The van der Waals surface area contributed by atoms with Gasteiger partial charge in [0.25, 0.3) is 10.0 Å². The fraction of sp³-hybridized carbons (Fsp3) is 0.222. The number of aromatic nitrogens is 4. The Hall–Kier alpha value is -2.16. The summed E-state index contributed by atoms with van der Waals surface area (Å²) < 4.78 is 28.0. The monoisotopic (exact) mass is 268 g/mol. The van der Waals surface area contributed by atoms with Crippen molar-refractivity contribution >= 4 is 21.8 Å². The number of hydrogen-bond acceptors (Lipinski definition) is 6. The SMILES string of the molecule is CNc1ncccc1S(=O)(=O)Nc1ncnn1C. The fourth-order valence-electron chi connectivity index (χ4n) is 1.36. The van der Waals surface area contributed by atoms with Crippen LogP contribution in [0.3, 0.4) is 0 Å². The van der Waals surface area contributed by atoms with Crippen LogP contribution in [0, 0.1) is 0 Å². The van der Waals surface area contributed by atoms with E-state index in [0.717, 1.165) is 0 Å². The Morgan fingerprint density at radius 1 is 1.33 bits per heavy atom. The molecule has 0 bridgehead atoms. The number of hydrogen-bond donors (Lipinski definition) is 2. The molecule has 0 aliphatic heterocycles. The van der Waals surface area contributed by atoms with Gasteiger partial charge in [0.15, 0.2) is 0 Å². The van der Waals surface area contributed by atoms with Gasteiger partial charge in [0.2, 0.25) is 5.95 Å². The molecule has 0 unspecified atom stereocenters. The van der Waals surface area contributed by atoms with Crippen LogP contribution in [0.25, 0.3) is 0 Å². The molecule has 0 aliphatic carbocycles. The van der Waals surface area contributed by atoms with Gasteiger partial charge >= 0.3 is 0 Å². The van der Waals surface area contributed by atoms with E-state index in [1.165, 1.54) is 23.3 Å². The number of rotatable bonds is 4. The quantitative estimate of drug-likeness (QED) is 0.812. The fourth-order valence-corrected chi connectivity index (χ4v) is 2.56. The van der Waals surface area contributed by atoms with Gasteiger partial charge in [-0.1, -0.05) is 0 Å². The van der Waals surface area contributed by atoms with Gasteiger partial charge in [-0.3, -0.25) is 0 Å². The first-order valence-electron chi connectivity index (χ1n) is 5.04. The van der Waals surface area contributed by atoms with Crippen LogP contribution in [0.4, 0.5) is 11.8 Å². The largest absolute Gasteiger partial charge is 0.372 e. The van der Waals surface area contributed by atoms with E-state index >= 15 is 0 Å². The Balaban J connectivity index is 2.40. The smallest absolute Gasteiger partial charge is 0.267 e. The summed E-state index contributed by atoms with van der Waals surface area (Å²) in [4.78, 5) is 7.80. The molecule has 2 rings (SSSR count). The van der Waals surface area contributed by atoms with E-state index in [2.05, 4.69) is 25.1 Å². The van der Waals surface area contributed by atoms with Crippen LogP contribution in [0.2, 0.25) is 0 Å². The first-order chi connectivity index (χ1) is 8.54. The zero-order valence-corrected chi connectivity index (χ0v) is 10.6. The lowest BCUT2D eigenvalue weighted by atomic mass is 10.5. The van der Waals surface area contributed by atoms with E-state index in [4.69, 9.17) is 0 Å². The third-order valence-electron chi connectivity index (χ3n) is 2.23. The molecular formula is C9H12N6O2S. The Morgan fingerprint density at radius 3 is 2.72 bits per heavy atom. The van der Waals surface area contributed by atoms with E-state index in [9.17, 15) is 8.42 Å². The van der Waals surface area contributed by atoms with Crippen LogP contribution in [-0.2, 0) is 17.1 Å². The van der Waals surface area contributed by atoms with Crippen molar-refractivity contribution in [3.05, 3.63) is 24.7 Å². The summed E-state index contributed by atoms with van der Waals surface area (Å²) in [5.74, 6) is 0.410. The number of sulfonamides is 1. The molecular weight excluding hydrogens is 256 g/mol. The van der Waals surface area contributed by atoms with Gasteiger partial charge in [-0.25, -0.2) is 22.8 Å². The lowest BCUT2D eigenvalue weighted by molar-refractivity contribution is 0.600. The molecule has 0 saturated carbocycles. The third kappa shape index (κ3) is 2.25. The Morgan fingerprint density at radius 2 is 2.11 bits per heavy atom. The molecule has 0 saturated heterocycles. The lowest BCUT2D eigenvalue weighted by Gasteiger charge is -2.09. The molecule has 0 atom stereocenters. The highest BCUT2D eigenvalue weighted by Crippen LogP contribution is 2.19. The molecule has 2 N–H and O–H groups in total. The predicted octanol–water partition coefficient (Wildman–Crippen LogP) is 0.0526. The summed E-state index contributed by atoms with van der Waals surface area (Å²) in [5, 5.41) is 6.51. The van der Waals surface area contributed by atoms with Crippen molar-refractivity contribution in [1.29, 1.82) is 0 Å². The van der Waals surface area contributed by atoms with Crippen LogP contribution in [-0.4, -0.2) is 35.2 Å². The highest BCUT2D eigenvalue weighted by atomic mass is 32.2. The molecule has 0 aliphatic rings. The average molecular weight is 268 g/mol. The standard InChI is InChI=1S/C9H12N6O2S/c1-10-8-7(4-3-5-11-8)18(16,17)14-9-12-6-13-15(9)2/h3-6H,1-2H3,(H,10,11)(H,12,13,14). The van der Waals surface area contributed by atoms with Crippen molar-refractivity contribution in [3.63, 3.8) is 0 Å². The van der Waals surface area contributed by atoms with Crippen LogP contribution in [0.5, 0.6) is 0 Å². The lowest BCUT2D eigenvalue weighted by Crippen LogP contribution is -2.18. The van der Waals surface area contributed by atoms with E-state index in [1.54, 1.807) is 20.2 Å². The summed E-state index contributed by atoms with van der Waals surface area (Å²) in [6.45, 7) is 0. The second-order valence-electron chi connectivity index (χ2n) is 3.41. The number of aryl methyl sites for hydroxylation is 1. The molecule has 8 nitrogen and oxygen atoms in total. The van der Waals surface area contributed by atoms with E-state index in [0.29, 0.717) is 0 Å². The number of nitrogens with zero attached hydrogens (tertiary/aromatic N) is 4. The first kappa shape index (κ1) is 12.3. The number of pyridine rings is 1. The highest BCUT2D eigenvalue weighted by Gasteiger charge is 2.20. The predicted molar refractivity (Wildman–Crippen MR) is 65.6 cm³/mol. The van der Waals surface area contributed by atoms with Gasteiger partial charge in [0.1, 0.15) is 17.0 Å². The Kier molecular flexibility index (Phi) is 3.15. The molecule has 0 aromatic carbocycles. The summed E-state index contributed by atoms with van der Waals surface area (Å²) in [7, 11) is -0.556. The maximum atomic E-state index is 12.2.